The summed E-state index contributed by atoms with van der Waals surface area (Å²) in [6, 6.07) is 12.2. The minimum atomic E-state index is -0.0219. The smallest absolute Gasteiger partial charge is 0.243 e. The number of amides is 1. The van der Waals surface area contributed by atoms with Gasteiger partial charge < -0.3 is 15.5 Å². The predicted molar refractivity (Wildman–Crippen MR) is 111 cm³/mol. The standard InChI is InChI=1S/C19H28N6OS/c1-24(2)18(26)16-22-19(20-10-6-13-25-14-7-11-23-25)21-12-15-27-17-8-4-3-5-9-17/h3-5,7-9,11,14H,6,10,12-13,15-16H2,1-2H3,(H2,20,21,22). The minimum absolute atomic E-state index is 0.0219. The Kier molecular flexibility index (Phi) is 9.26. The zero-order chi connectivity index (χ0) is 19.3. The lowest BCUT2D eigenvalue weighted by atomic mass is 10.4. The van der Waals surface area contributed by atoms with Gasteiger partial charge >= 0.3 is 0 Å². The maximum atomic E-state index is 11.8. The number of benzene rings is 1. The highest BCUT2D eigenvalue weighted by Crippen LogP contribution is 2.15. The molecule has 1 amide bonds. The van der Waals surface area contributed by atoms with E-state index in [4.69, 9.17) is 0 Å². The van der Waals surface area contributed by atoms with Gasteiger partial charge in [-0.15, -0.1) is 11.8 Å². The molecule has 8 heteroatoms. The molecule has 0 radical (unpaired) electrons. The van der Waals surface area contributed by atoms with Crippen molar-refractivity contribution in [3.63, 3.8) is 0 Å². The summed E-state index contributed by atoms with van der Waals surface area (Å²) in [7, 11) is 3.47. The van der Waals surface area contributed by atoms with E-state index < -0.39 is 0 Å². The number of carbonyl (C=O) groups is 1. The topological polar surface area (TPSA) is 74.5 Å². The number of nitrogens with one attached hydrogen (secondary N) is 2. The first-order chi connectivity index (χ1) is 13.1. The van der Waals surface area contributed by atoms with E-state index in [1.807, 2.05) is 35.1 Å². The van der Waals surface area contributed by atoms with Crippen LogP contribution in [-0.4, -0.2) is 66.0 Å². The molecule has 0 aliphatic heterocycles. The molecular formula is C19H28N6OS. The Bertz CT molecular complexity index is 687. The molecule has 1 heterocycles. The molecule has 1 aromatic carbocycles. The average molecular weight is 389 g/mol. The third kappa shape index (κ3) is 8.63. The number of nitrogens with zero attached hydrogens (tertiary/aromatic N) is 4. The number of aromatic nitrogens is 2. The molecule has 7 nitrogen and oxygen atoms in total. The lowest BCUT2D eigenvalue weighted by molar-refractivity contribution is -0.127. The van der Waals surface area contributed by atoms with Crippen LogP contribution in [0.15, 0.2) is 58.7 Å². The van der Waals surface area contributed by atoms with Crippen LogP contribution in [0.1, 0.15) is 6.42 Å². The number of hydrogen-bond acceptors (Lipinski definition) is 4. The van der Waals surface area contributed by atoms with Gasteiger partial charge in [0.25, 0.3) is 0 Å². The Labute approximate surface area is 165 Å². The Hall–Kier alpha value is -2.48. The zero-order valence-corrected chi connectivity index (χ0v) is 16.8. The van der Waals surface area contributed by atoms with Crippen LogP contribution in [0.4, 0.5) is 0 Å². The van der Waals surface area contributed by atoms with Crippen LogP contribution in [-0.2, 0) is 11.3 Å². The van der Waals surface area contributed by atoms with Crippen LogP contribution in [0, 0.1) is 0 Å². The van der Waals surface area contributed by atoms with Crippen LogP contribution in [0.5, 0.6) is 0 Å². The third-order valence-electron chi connectivity index (χ3n) is 3.69. The molecule has 0 aliphatic carbocycles. The monoisotopic (exact) mass is 388 g/mol. The molecule has 1 aromatic heterocycles. The van der Waals surface area contributed by atoms with Crippen LogP contribution in [0.3, 0.4) is 0 Å². The molecule has 0 bridgehead atoms. The maximum absolute atomic E-state index is 11.8. The van der Waals surface area contributed by atoms with Gasteiger partial charge in [-0.05, 0) is 24.6 Å². The average Bonchev–Trinajstić information content (AvgIpc) is 3.19. The number of aliphatic imine (C=N–C) groups is 1. The van der Waals surface area contributed by atoms with E-state index in [0.717, 1.165) is 31.8 Å². The van der Waals surface area contributed by atoms with Crippen LogP contribution in [0.25, 0.3) is 0 Å². The van der Waals surface area contributed by atoms with E-state index >= 15 is 0 Å². The van der Waals surface area contributed by atoms with Crippen molar-refractivity contribution >= 4 is 23.6 Å². The van der Waals surface area contributed by atoms with Gasteiger partial charge in [0.15, 0.2) is 5.96 Å². The highest BCUT2D eigenvalue weighted by atomic mass is 32.2. The number of likely N-dealkylation sites (N-methyl/N-ethyl adjacent to an activating group) is 1. The lowest BCUT2D eigenvalue weighted by Crippen LogP contribution is -2.40. The van der Waals surface area contributed by atoms with E-state index in [0.29, 0.717) is 5.96 Å². The van der Waals surface area contributed by atoms with E-state index in [9.17, 15) is 4.79 Å². The molecular weight excluding hydrogens is 360 g/mol. The first-order valence-electron chi connectivity index (χ1n) is 9.03. The van der Waals surface area contributed by atoms with Crippen molar-refractivity contribution in [1.29, 1.82) is 0 Å². The quantitative estimate of drug-likeness (QED) is 0.280. The fourth-order valence-corrected chi connectivity index (χ4v) is 2.99. The van der Waals surface area contributed by atoms with Crippen molar-refractivity contribution in [2.75, 3.05) is 39.5 Å². The summed E-state index contributed by atoms with van der Waals surface area (Å²) in [4.78, 5) is 19.0. The van der Waals surface area contributed by atoms with E-state index in [1.54, 1.807) is 37.0 Å². The van der Waals surface area contributed by atoms with Crippen molar-refractivity contribution in [1.82, 2.24) is 25.3 Å². The predicted octanol–water partition coefficient (Wildman–Crippen LogP) is 1.69. The number of hydrogen-bond donors (Lipinski definition) is 2. The molecule has 0 saturated carbocycles. The molecule has 146 valence electrons. The summed E-state index contributed by atoms with van der Waals surface area (Å²) in [5, 5.41) is 10.8. The number of thioether (sulfide) groups is 1. The third-order valence-corrected chi connectivity index (χ3v) is 4.71. The zero-order valence-electron chi connectivity index (χ0n) is 16.0. The summed E-state index contributed by atoms with van der Waals surface area (Å²) in [5.74, 6) is 1.56. The number of guanidine groups is 1. The van der Waals surface area contributed by atoms with Gasteiger partial charge in [0.1, 0.15) is 6.54 Å². The van der Waals surface area contributed by atoms with Crippen molar-refractivity contribution < 1.29 is 4.79 Å². The molecule has 0 spiro atoms. The number of rotatable bonds is 10. The van der Waals surface area contributed by atoms with Gasteiger partial charge in [-0.3, -0.25) is 9.48 Å². The van der Waals surface area contributed by atoms with Gasteiger partial charge in [-0.2, -0.15) is 5.10 Å². The molecule has 2 rings (SSSR count). The second kappa shape index (κ2) is 12.0. The molecule has 0 aliphatic rings. The Morgan fingerprint density at radius 1 is 1.19 bits per heavy atom. The molecule has 0 unspecified atom stereocenters. The van der Waals surface area contributed by atoms with Crippen molar-refractivity contribution in [2.24, 2.45) is 4.99 Å². The van der Waals surface area contributed by atoms with Gasteiger partial charge in [0, 0.05) is 56.8 Å². The van der Waals surface area contributed by atoms with Gasteiger partial charge in [-0.1, -0.05) is 18.2 Å². The maximum Gasteiger partial charge on any atom is 0.243 e. The van der Waals surface area contributed by atoms with Crippen LogP contribution < -0.4 is 10.6 Å². The largest absolute Gasteiger partial charge is 0.356 e. The fourth-order valence-electron chi connectivity index (χ4n) is 2.20. The number of aryl methyl sites for hydroxylation is 1. The normalized spacial score (nSPS) is 11.3. The second-order valence-corrected chi connectivity index (χ2v) is 7.26. The van der Waals surface area contributed by atoms with Crippen LogP contribution >= 0.6 is 11.8 Å². The molecule has 0 saturated heterocycles. The fraction of sp³-hybridized carbons (Fsp3) is 0.421. The second-order valence-electron chi connectivity index (χ2n) is 6.09. The van der Waals surface area contributed by atoms with E-state index in [-0.39, 0.29) is 12.5 Å². The SMILES string of the molecule is CN(C)C(=O)CN=C(NCCCn1cccn1)NCCSc1ccccc1. The first-order valence-corrected chi connectivity index (χ1v) is 10.0. The van der Waals surface area contributed by atoms with Crippen LogP contribution in [0.2, 0.25) is 0 Å². The van der Waals surface area contributed by atoms with Crippen molar-refractivity contribution in [2.45, 2.75) is 17.9 Å². The molecule has 27 heavy (non-hydrogen) atoms. The first kappa shape index (κ1) is 20.8. The number of carbonyl (C=O) groups excluding carboxylic acids is 1. The molecule has 0 atom stereocenters. The van der Waals surface area contributed by atoms with Crippen molar-refractivity contribution in [3.05, 3.63) is 48.8 Å². The summed E-state index contributed by atoms with van der Waals surface area (Å²) in [6.45, 7) is 2.50. The Balaban J connectivity index is 1.75. The van der Waals surface area contributed by atoms with Crippen molar-refractivity contribution in [3.8, 4) is 0 Å². The van der Waals surface area contributed by atoms with E-state index in [1.165, 1.54) is 4.90 Å². The lowest BCUT2D eigenvalue weighted by Gasteiger charge is -2.14. The van der Waals surface area contributed by atoms with Gasteiger partial charge in [0.2, 0.25) is 5.91 Å². The molecule has 2 aromatic rings. The molecule has 2 N–H and O–H groups in total. The van der Waals surface area contributed by atoms with E-state index in [2.05, 4.69) is 32.9 Å². The minimum Gasteiger partial charge on any atom is -0.356 e. The Morgan fingerprint density at radius 2 is 1.96 bits per heavy atom. The van der Waals surface area contributed by atoms with Gasteiger partial charge in [0.05, 0.1) is 0 Å². The summed E-state index contributed by atoms with van der Waals surface area (Å²) >= 11 is 1.79. The van der Waals surface area contributed by atoms with Gasteiger partial charge in [-0.25, -0.2) is 4.99 Å². The Morgan fingerprint density at radius 3 is 2.67 bits per heavy atom. The molecule has 0 fully saturated rings. The highest BCUT2D eigenvalue weighted by molar-refractivity contribution is 7.99. The summed E-state index contributed by atoms with van der Waals surface area (Å²) < 4.78 is 1.90. The summed E-state index contributed by atoms with van der Waals surface area (Å²) in [5.41, 5.74) is 0. The highest BCUT2D eigenvalue weighted by Gasteiger charge is 2.04. The summed E-state index contributed by atoms with van der Waals surface area (Å²) in [6.07, 6.45) is 4.64.